The highest BCUT2D eigenvalue weighted by molar-refractivity contribution is 5.94. The molecule has 0 radical (unpaired) electrons. The molecule has 2 rings (SSSR count). The Hall–Kier alpha value is -2.51. The van der Waals surface area contributed by atoms with Crippen LogP contribution in [-0.4, -0.2) is 27.2 Å². The summed E-state index contributed by atoms with van der Waals surface area (Å²) in [7, 11) is 1.73. The summed E-state index contributed by atoms with van der Waals surface area (Å²) in [6.45, 7) is 0.260. The van der Waals surface area contributed by atoms with E-state index in [2.05, 4.69) is 15.4 Å². The van der Waals surface area contributed by atoms with E-state index in [1.54, 1.807) is 18.1 Å². The molecule has 0 aliphatic rings. The minimum Gasteiger partial charge on any atom is -0.394 e. The molecule has 2 aromatic rings. The summed E-state index contributed by atoms with van der Waals surface area (Å²) in [6, 6.07) is 1.79. The van der Waals surface area contributed by atoms with Crippen LogP contribution >= 0.6 is 0 Å². The van der Waals surface area contributed by atoms with Crippen LogP contribution in [0.15, 0.2) is 18.5 Å². The number of amides is 1. The zero-order chi connectivity index (χ0) is 14.7. The van der Waals surface area contributed by atoms with Crippen molar-refractivity contribution in [3.8, 4) is 0 Å². The van der Waals surface area contributed by atoms with Crippen LogP contribution in [0.1, 0.15) is 16.2 Å². The topological polar surface area (TPSA) is 85.8 Å². The minimum absolute atomic E-state index is 0.122. The molecular weight excluding hydrogens is 268 g/mol. The molecule has 0 saturated carbocycles. The van der Waals surface area contributed by atoms with E-state index < -0.39 is 23.2 Å². The number of nitrogens with zero attached hydrogens (tertiary/aromatic N) is 3. The van der Waals surface area contributed by atoms with Gasteiger partial charge in [-0.25, -0.2) is 13.8 Å². The van der Waals surface area contributed by atoms with Crippen LogP contribution in [0.2, 0.25) is 0 Å². The summed E-state index contributed by atoms with van der Waals surface area (Å²) < 4.78 is 28.0. The largest absolute Gasteiger partial charge is 0.394 e. The van der Waals surface area contributed by atoms with Gasteiger partial charge in [-0.2, -0.15) is 5.10 Å². The summed E-state index contributed by atoms with van der Waals surface area (Å²) in [5.74, 6) is -1.93. The number of halogens is 2. The second-order valence-corrected chi connectivity index (χ2v) is 4.19. The number of nitrogens with one attached hydrogen (secondary N) is 1. The van der Waals surface area contributed by atoms with Crippen molar-refractivity contribution < 1.29 is 13.6 Å². The number of hydrogen-bond donors (Lipinski definition) is 2. The number of carbonyl (C=O) groups excluding carboxylic acids is 1. The molecule has 0 bridgehead atoms. The van der Waals surface area contributed by atoms with Crippen LogP contribution < -0.4 is 11.1 Å². The fraction of sp³-hybridized carbons (Fsp3) is 0.250. The number of anilines is 1. The van der Waals surface area contributed by atoms with Crippen molar-refractivity contribution in [2.45, 2.75) is 6.42 Å². The highest BCUT2D eigenvalue weighted by atomic mass is 19.1. The van der Waals surface area contributed by atoms with Gasteiger partial charge in [-0.3, -0.25) is 9.48 Å². The Morgan fingerprint density at radius 3 is 2.60 bits per heavy atom. The van der Waals surface area contributed by atoms with Crippen LogP contribution in [-0.2, 0) is 13.5 Å². The Morgan fingerprint density at radius 2 is 2.05 bits per heavy atom. The fourth-order valence-electron chi connectivity index (χ4n) is 1.60. The van der Waals surface area contributed by atoms with Crippen molar-refractivity contribution in [1.29, 1.82) is 0 Å². The van der Waals surface area contributed by atoms with Gasteiger partial charge in [-0.15, -0.1) is 0 Å². The summed E-state index contributed by atoms with van der Waals surface area (Å²) in [4.78, 5) is 15.7. The molecule has 0 atom stereocenters. The molecule has 0 fully saturated rings. The lowest BCUT2D eigenvalue weighted by molar-refractivity contribution is 0.0953. The van der Waals surface area contributed by atoms with E-state index in [-0.39, 0.29) is 12.1 Å². The van der Waals surface area contributed by atoms with Crippen LogP contribution in [0.4, 0.5) is 14.5 Å². The van der Waals surface area contributed by atoms with Gasteiger partial charge in [0.2, 0.25) is 0 Å². The molecule has 3 N–H and O–H groups in total. The Kier molecular flexibility index (Phi) is 3.92. The van der Waals surface area contributed by atoms with Crippen molar-refractivity contribution in [1.82, 2.24) is 20.1 Å². The van der Waals surface area contributed by atoms with Gasteiger partial charge in [0.1, 0.15) is 23.6 Å². The first-order chi connectivity index (χ1) is 9.47. The first-order valence-corrected chi connectivity index (χ1v) is 5.84. The van der Waals surface area contributed by atoms with E-state index in [1.165, 1.54) is 0 Å². The smallest absolute Gasteiger partial charge is 0.251 e. The Labute approximate surface area is 113 Å². The number of rotatable bonds is 4. The van der Waals surface area contributed by atoms with Crippen molar-refractivity contribution in [2.75, 3.05) is 12.3 Å². The maximum atomic E-state index is 13.2. The van der Waals surface area contributed by atoms with Crippen LogP contribution in [0, 0.1) is 11.6 Å². The number of aromatic nitrogens is 3. The van der Waals surface area contributed by atoms with Crippen LogP contribution in [0.3, 0.4) is 0 Å². The van der Waals surface area contributed by atoms with Gasteiger partial charge in [0.15, 0.2) is 5.82 Å². The van der Waals surface area contributed by atoms with Gasteiger partial charge >= 0.3 is 0 Å². The Morgan fingerprint density at radius 1 is 1.40 bits per heavy atom. The number of benzene rings is 1. The number of carbonyl (C=O) groups is 1. The first-order valence-electron chi connectivity index (χ1n) is 5.84. The molecule has 20 heavy (non-hydrogen) atoms. The molecule has 1 aromatic carbocycles. The van der Waals surface area contributed by atoms with E-state index in [4.69, 9.17) is 5.73 Å². The lowest BCUT2D eigenvalue weighted by atomic mass is 10.1. The molecule has 106 valence electrons. The van der Waals surface area contributed by atoms with Crippen LogP contribution in [0.5, 0.6) is 0 Å². The third-order valence-corrected chi connectivity index (χ3v) is 2.62. The number of aryl methyl sites for hydroxylation is 1. The molecule has 1 heterocycles. The third kappa shape index (κ3) is 3.08. The quantitative estimate of drug-likeness (QED) is 0.806. The molecule has 0 unspecified atom stereocenters. The SMILES string of the molecule is Cn1cnc(CCNC(=O)c2cc(F)c(N)c(F)c2)n1. The summed E-state index contributed by atoms with van der Waals surface area (Å²) in [6.07, 6.45) is 1.97. The van der Waals surface area contributed by atoms with Crippen molar-refractivity contribution in [2.24, 2.45) is 7.05 Å². The van der Waals surface area contributed by atoms with E-state index >= 15 is 0 Å². The van der Waals surface area contributed by atoms with E-state index in [0.717, 1.165) is 12.1 Å². The monoisotopic (exact) mass is 281 g/mol. The summed E-state index contributed by atoms with van der Waals surface area (Å²) >= 11 is 0. The number of hydrogen-bond acceptors (Lipinski definition) is 4. The fourth-order valence-corrected chi connectivity index (χ4v) is 1.60. The molecule has 1 amide bonds. The predicted octanol–water partition coefficient (Wildman–Crippen LogP) is 0.648. The lowest BCUT2D eigenvalue weighted by Crippen LogP contribution is -2.26. The Bertz CT molecular complexity index is 618. The molecular formula is C12H13F2N5O. The maximum Gasteiger partial charge on any atom is 0.251 e. The maximum absolute atomic E-state index is 13.2. The zero-order valence-corrected chi connectivity index (χ0v) is 10.7. The summed E-state index contributed by atoms with van der Waals surface area (Å²) in [5, 5.41) is 6.57. The Balaban J connectivity index is 1.95. The van der Waals surface area contributed by atoms with Gasteiger partial charge in [0.25, 0.3) is 5.91 Å². The van der Waals surface area contributed by atoms with E-state index in [1.807, 2.05) is 0 Å². The minimum atomic E-state index is -0.957. The highest BCUT2D eigenvalue weighted by Crippen LogP contribution is 2.17. The second kappa shape index (κ2) is 5.64. The van der Waals surface area contributed by atoms with Gasteiger partial charge in [-0.1, -0.05) is 0 Å². The van der Waals surface area contributed by atoms with Gasteiger partial charge in [0.05, 0.1) is 0 Å². The van der Waals surface area contributed by atoms with Gasteiger partial charge < -0.3 is 11.1 Å². The normalized spacial score (nSPS) is 10.6. The second-order valence-electron chi connectivity index (χ2n) is 4.19. The highest BCUT2D eigenvalue weighted by Gasteiger charge is 2.13. The average Bonchev–Trinajstić information content (AvgIpc) is 2.81. The summed E-state index contributed by atoms with van der Waals surface area (Å²) in [5.41, 5.74) is 4.41. The molecule has 1 aromatic heterocycles. The number of nitrogens with two attached hydrogens (primary N) is 1. The molecule has 6 nitrogen and oxygen atoms in total. The molecule has 0 aliphatic carbocycles. The standard InChI is InChI=1S/C12H13F2N5O/c1-19-6-17-10(18-19)2-3-16-12(20)7-4-8(13)11(15)9(14)5-7/h4-6H,2-3,15H2,1H3,(H,16,20). The molecule has 8 heteroatoms. The molecule has 0 saturated heterocycles. The van der Waals surface area contributed by atoms with Crippen molar-refractivity contribution in [3.63, 3.8) is 0 Å². The predicted molar refractivity (Wildman–Crippen MR) is 67.8 cm³/mol. The average molecular weight is 281 g/mol. The van der Waals surface area contributed by atoms with Crippen LogP contribution in [0.25, 0.3) is 0 Å². The van der Waals surface area contributed by atoms with Gasteiger partial charge in [-0.05, 0) is 12.1 Å². The van der Waals surface area contributed by atoms with E-state index in [0.29, 0.717) is 12.2 Å². The third-order valence-electron chi connectivity index (χ3n) is 2.62. The first kappa shape index (κ1) is 13.9. The van der Waals surface area contributed by atoms with Crippen molar-refractivity contribution >= 4 is 11.6 Å². The number of nitrogen functional groups attached to an aromatic ring is 1. The van der Waals surface area contributed by atoms with Crippen molar-refractivity contribution in [3.05, 3.63) is 41.5 Å². The lowest BCUT2D eigenvalue weighted by Gasteiger charge is -2.06. The van der Waals surface area contributed by atoms with E-state index in [9.17, 15) is 13.6 Å². The van der Waals surface area contributed by atoms with Gasteiger partial charge in [0, 0.05) is 25.6 Å². The molecule has 0 spiro atoms. The zero-order valence-electron chi connectivity index (χ0n) is 10.7. The molecule has 0 aliphatic heterocycles.